The summed E-state index contributed by atoms with van der Waals surface area (Å²) in [5.41, 5.74) is -0.302. The number of ketones is 1. The summed E-state index contributed by atoms with van der Waals surface area (Å²) >= 11 is 0. The molecule has 2 N–H and O–H groups in total. The number of esters is 1. The third-order valence-electron chi connectivity index (χ3n) is 2.44. The standard InChI is InChI=1S/C12H8O6/c13-8(6-4-2-1-3-5-6)7-9(14)12(17)18-10(7)11(15)16/h1-5,10,13H,(H,15,16). The van der Waals surface area contributed by atoms with E-state index in [1.54, 1.807) is 18.2 Å². The number of ether oxygens (including phenoxy) is 1. The molecular weight excluding hydrogens is 240 g/mol. The van der Waals surface area contributed by atoms with Crippen molar-refractivity contribution in [1.29, 1.82) is 0 Å². The molecule has 18 heavy (non-hydrogen) atoms. The van der Waals surface area contributed by atoms with Gasteiger partial charge >= 0.3 is 11.9 Å². The quantitative estimate of drug-likeness (QED) is 0.343. The Morgan fingerprint density at radius 2 is 1.72 bits per heavy atom. The summed E-state index contributed by atoms with van der Waals surface area (Å²) in [6, 6.07) is 7.86. The summed E-state index contributed by atoms with van der Waals surface area (Å²) in [6.45, 7) is 0. The highest BCUT2D eigenvalue weighted by Crippen LogP contribution is 2.26. The monoisotopic (exact) mass is 248 g/mol. The first-order valence-corrected chi connectivity index (χ1v) is 4.99. The van der Waals surface area contributed by atoms with Gasteiger partial charge < -0.3 is 14.9 Å². The van der Waals surface area contributed by atoms with Crippen LogP contribution in [0, 0.1) is 0 Å². The molecule has 0 amide bonds. The Hall–Kier alpha value is -2.63. The van der Waals surface area contributed by atoms with Gasteiger partial charge in [-0.05, 0) is 0 Å². The van der Waals surface area contributed by atoms with E-state index >= 15 is 0 Å². The lowest BCUT2D eigenvalue weighted by Crippen LogP contribution is -2.22. The van der Waals surface area contributed by atoms with Crippen molar-refractivity contribution in [2.75, 3.05) is 0 Å². The molecule has 1 unspecified atom stereocenters. The zero-order valence-electron chi connectivity index (χ0n) is 8.99. The number of aliphatic carboxylic acids is 1. The van der Waals surface area contributed by atoms with Crippen LogP contribution >= 0.6 is 0 Å². The second-order valence-corrected chi connectivity index (χ2v) is 3.58. The Kier molecular flexibility index (Phi) is 2.85. The lowest BCUT2D eigenvalue weighted by molar-refractivity contribution is -0.157. The van der Waals surface area contributed by atoms with Crippen molar-refractivity contribution < 1.29 is 29.3 Å². The summed E-state index contributed by atoms with van der Waals surface area (Å²) in [4.78, 5) is 33.4. The molecule has 1 aromatic rings. The number of carbonyl (C=O) groups excluding carboxylic acids is 2. The number of hydrogen-bond donors (Lipinski definition) is 2. The normalized spacial score (nSPS) is 21.7. The second kappa shape index (κ2) is 4.33. The average molecular weight is 248 g/mol. The van der Waals surface area contributed by atoms with Gasteiger partial charge in [0.1, 0.15) is 11.3 Å². The van der Waals surface area contributed by atoms with Crippen LogP contribution in [0.1, 0.15) is 5.56 Å². The number of Topliss-reactive ketones (excluding diaryl/α,β-unsaturated/α-hetero) is 1. The van der Waals surface area contributed by atoms with E-state index in [0.29, 0.717) is 0 Å². The van der Waals surface area contributed by atoms with Crippen molar-refractivity contribution in [1.82, 2.24) is 0 Å². The van der Waals surface area contributed by atoms with Gasteiger partial charge in [-0.15, -0.1) is 0 Å². The molecule has 1 aliphatic rings. The van der Waals surface area contributed by atoms with E-state index in [1.807, 2.05) is 0 Å². The van der Waals surface area contributed by atoms with E-state index in [0.717, 1.165) is 0 Å². The van der Waals surface area contributed by atoms with Crippen LogP contribution < -0.4 is 0 Å². The molecule has 2 rings (SSSR count). The molecule has 92 valence electrons. The number of aliphatic hydroxyl groups excluding tert-OH is 1. The Bertz CT molecular complexity index is 557. The minimum absolute atomic E-state index is 0.241. The van der Waals surface area contributed by atoms with Crippen molar-refractivity contribution in [2.45, 2.75) is 6.10 Å². The number of carboxylic acids is 1. The van der Waals surface area contributed by atoms with Crippen LogP contribution in [0.15, 0.2) is 35.9 Å². The molecule has 1 atom stereocenters. The Morgan fingerprint density at radius 1 is 1.11 bits per heavy atom. The number of rotatable bonds is 2. The van der Waals surface area contributed by atoms with E-state index < -0.39 is 35.2 Å². The first kappa shape index (κ1) is 11.8. The van der Waals surface area contributed by atoms with Crippen molar-refractivity contribution in [3.05, 3.63) is 41.5 Å². The summed E-state index contributed by atoms with van der Waals surface area (Å²) in [5.74, 6) is -4.48. The Morgan fingerprint density at radius 3 is 2.28 bits per heavy atom. The lowest BCUT2D eigenvalue weighted by Gasteiger charge is -2.07. The third kappa shape index (κ3) is 1.84. The van der Waals surface area contributed by atoms with Crippen LogP contribution in [0.2, 0.25) is 0 Å². The van der Waals surface area contributed by atoms with Gasteiger partial charge in [0.05, 0.1) is 0 Å². The Labute approximate surface area is 101 Å². The second-order valence-electron chi connectivity index (χ2n) is 3.58. The van der Waals surface area contributed by atoms with Gasteiger partial charge in [-0.25, -0.2) is 9.59 Å². The lowest BCUT2D eigenvalue weighted by atomic mass is 10.0. The SMILES string of the molecule is O=C1OC(C(=O)O)C(=C(O)c2ccccc2)C1=O. The summed E-state index contributed by atoms with van der Waals surface area (Å²) in [7, 11) is 0. The van der Waals surface area contributed by atoms with Gasteiger partial charge in [-0.1, -0.05) is 30.3 Å². The van der Waals surface area contributed by atoms with Gasteiger partial charge in [0.15, 0.2) is 0 Å². The molecule has 0 saturated carbocycles. The number of carboxylic acid groups (broad SMARTS) is 1. The molecule has 0 aromatic heterocycles. The number of aliphatic hydroxyl groups is 1. The number of hydrogen-bond acceptors (Lipinski definition) is 5. The van der Waals surface area contributed by atoms with Crippen LogP contribution in [-0.4, -0.2) is 34.0 Å². The fourth-order valence-corrected chi connectivity index (χ4v) is 1.61. The highest BCUT2D eigenvalue weighted by Gasteiger charge is 2.45. The van der Waals surface area contributed by atoms with E-state index in [9.17, 15) is 19.5 Å². The molecule has 1 heterocycles. The molecule has 1 fully saturated rings. The van der Waals surface area contributed by atoms with E-state index in [1.165, 1.54) is 12.1 Å². The maximum Gasteiger partial charge on any atom is 0.380 e. The molecule has 6 nitrogen and oxygen atoms in total. The minimum Gasteiger partial charge on any atom is -0.507 e. The molecule has 0 bridgehead atoms. The van der Waals surface area contributed by atoms with Crippen LogP contribution in [0.3, 0.4) is 0 Å². The van der Waals surface area contributed by atoms with Crippen molar-refractivity contribution in [3.63, 3.8) is 0 Å². The predicted molar refractivity (Wildman–Crippen MR) is 58.5 cm³/mol. The highest BCUT2D eigenvalue weighted by atomic mass is 16.6. The van der Waals surface area contributed by atoms with Crippen LogP contribution in [-0.2, 0) is 19.1 Å². The molecule has 0 spiro atoms. The van der Waals surface area contributed by atoms with Crippen LogP contribution in [0.25, 0.3) is 5.76 Å². The largest absolute Gasteiger partial charge is 0.507 e. The van der Waals surface area contributed by atoms with Crippen molar-refractivity contribution >= 4 is 23.5 Å². The van der Waals surface area contributed by atoms with Gasteiger partial charge in [-0.2, -0.15) is 0 Å². The van der Waals surface area contributed by atoms with Gasteiger partial charge in [0.25, 0.3) is 5.78 Å². The van der Waals surface area contributed by atoms with Gasteiger partial charge in [-0.3, -0.25) is 4.79 Å². The first-order chi connectivity index (χ1) is 8.52. The van der Waals surface area contributed by atoms with E-state index in [4.69, 9.17) is 5.11 Å². The molecule has 0 radical (unpaired) electrons. The van der Waals surface area contributed by atoms with Gasteiger partial charge in [0.2, 0.25) is 6.10 Å². The smallest absolute Gasteiger partial charge is 0.380 e. The topological polar surface area (TPSA) is 101 Å². The molecule has 1 saturated heterocycles. The summed E-state index contributed by atoms with van der Waals surface area (Å²) < 4.78 is 4.38. The minimum atomic E-state index is -1.76. The van der Waals surface area contributed by atoms with Crippen molar-refractivity contribution in [2.24, 2.45) is 0 Å². The zero-order valence-corrected chi connectivity index (χ0v) is 8.99. The third-order valence-corrected chi connectivity index (χ3v) is 2.44. The number of carbonyl (C=O) groups is 3. The Balaban J connectivity index is 2.55. The molecule has 0 aliphatic carbocycles. The molecule has 1 aromatic carbocycles. The fraction of sp³-hybridized carbons (Fsp3) is 0.0833. The summed E-state index contributed by atoms with van der Waals surface area (Å²) in [6.07, 6.45) is -1.76. The maximum atomic E-state index is 11.5. The fourth-order valence-electron chi connectivity index (χ4n) is 1.61. The average Bonchev–Trinajstić information content (AvgIpc) is 2.66. The van der Waals surface area contributed by atoms with Crippen LogP contribution in [0.5, 0.6) is 0 Å². The van der Waals surface area contributed by atoms with E-state index in [-0.39, 0.29) is 5.56 Å². The maximum absolute atomic E-state index is 11.5. The molecular formula is C12H8O6. The molecule has 6 heteroatoms. The van der Waals surface area contributed by atoms with Crippen LogP contribution in [0.4, 0.5) is 0 Å². The summed E-state index contributed by atoms with van der Waals surface area (Å²) in [5, 5.41) is 18.7. The number of benzene rings is 1. The molecule has 1 aliphatic heterocycles. The van der Waals surface area contributed by atoms with Crippen molar-refractivity contribution in [3.8, 4) is 0 Å². The first-order valence-electron chi connectivity index (χ1n) is 4.99. The van der Waals surface area contributed by atoms with E-state index in [2.05, 4.69) is 4.74 Å². The highest BCUT2D eigenvalue weighted by molar-refractivity contribution is 6.45. The predicted octanol–water partition coefficient (Wildman–Crippen LogP) is 0.535. The van der Waals surface area contributed by atoms with Gasteiger partial charge in [0, 0.05) is 5.56 Å². The zero-order chi connectivity index (χ0) is 13.3. The number of cyclic esters (lactones) is 1.